The molecule has 0 bridgehead atoms. The second kappa shape index (κ2) is 7.67. The summed E-state index contributed by atoms with van der Waals surface area (Å²) in [5, 5.41) is 8.98. The number of hydrogen-bond acceptors (Lipinski definition) is 3. The molecule has 19 heavy (non-hydrogen) atoms. The van der Waals surface area contributed by atoms with E-state index in [0.717, 1.165) is 24.0 Å². The Balaban J connectivity index is 1.98. The molecule has 100 valence electrons. The van der Waals surface area contributed by atoms with Crippen LogP contribution in [-0.4, -0.2) is 16.7 Å². The zero-order valence-corrected chi connectivity index (χ0v) is 10.9. The summed E-state index contributed by atoms with van der Waals surface area (Å²) in [4.78, 5) is 4.08. The van der Waals surface area contributed by atoms with Crippen molar-refractivity contribution in [3.8, 4) is 0 Å². The number of nitrogens with zero attached hydrogens (tertiary/aromatic N) is 1. The Hall–Kier alpha value is -1.71. The van der Waals surface area contributed by atoms with E-state index >= 15 is 0 Å². The van der Waals surface area contributed by atoms with Gasteiger partial charge in [-0.25, -0.2) is 0 Å². The summed E-state index contributed by atoms with van der Waals surface area (Å²) >= 11 is 0. The number of aliphatic hydroxyl groups excluding tert-OH is 1. The van der Waals surface area contributed by atoms with Gasteiger partial charge in [0.15, 0.2) is 0 Å². The molecule has 0 amide bonds. The average Bonchev–Trinajstić information content (AvgIpc) is 2.49. The van der Waals surface area contributed by atoms with Crippen LogP contribution in [0.5, 0.6) is 0 Å². The highest BCUT2D eigenvalue weighted by molar-refractivity contribution is 5.17. The third-order valence-electron chi connectivity index (χ3n) is 2.97. The molecule has 0 spiro atoms. The molecule has 1 aromatic heterocycles. The van der Waals surface area contributed by atoms with Crippen LogP contribution in [0.3, 0.4) is 0 Å². The van der Waals surface area contributed by atoms with Gasteiger partial charge in [0.2, 0.25) is 0 Å². The standard InChI is InChI=1S/C16H19NO2/c18-11-5-9-16(15-7-2-1-3-8-15)19-13-14-6-4-10-17-12-14/h1-4,6-8,10,12,16,18H,5,9,11,13H2. The van der Waals surface area contributed by atoms with Crippen LogP contribution >= 0.6 is 0 Å². The van der Waals surface area contributed by atoms with Crippen LogP contribution in [0.2, 0.25) is 0 Å². The minimum atomic E-state index is 0.0218. The first-order chi connectivity index (χ1) is 9.40. The van der Waals surface area contributed by atoms with Gasteiger partial charge in [-0.2, -0.15) is 0 Å². The van der Waals surface area contributed by atoms with E-state index in [9.17, 15) is 0 Å². The minimum absolute atomic E-state index is 0.0218. The third-order valence-corrected chi connectivity index (χ3v) is 2.97. The van der Waals surface area contributed by atoms with Gasteiger partial charge >= 0.3 is 0 Å². The Morgan fingerprint density at radius 2 is 1.95 bits per heavy atom. The van der Waals surface area contributed by atoms with E-state index in [-0.39, 0.29) is 12.7 Å². The first kappa shape index (κ1) is 13.7. The lowest BCUT2D eigenvalue weighted by atomic mass is 10.0. The number of ether oxygens (including phenoxy) is 1. The smallest absolute Gasteiger partial charge is 0.0830 e. The molecule has 3 heteroatoms. The van der Waals surface area contributed by atoms with Crippen molar-refractivity contribution >= 4 is 0 Å². The fraction of sp³-hybridized carbons (Fsp3) is 0.312. The van der Waals surface area contributed by atoms with Crippen molar-refractivity contribution in [1.29, 1.82) is 0 Å². The fourth-order valence-electron chi connectivity index (χ4n) is 1.97. The molecule has 0 fully saturated rings. The van der Waals surface area contributed by atoms with E-state index in [1.807, 2.05) is 36.5 Å². The van der Waals surface area contributed by atoms with Gasteiger partial charge in [0.05, 0.1) is 12.7 Å². The molecule has 0 aliphatic carbocycles. The van der Waals surface area contributed by atoms with Gasteiger partial charge < -0.3 is 9.84 Å². The molecular weight excluding hydrogens is 238 g/mol. The monoisotopic (exact) mass is 257 g/mol. The number of aliphatic hydroxyl groups is 1. The van der Waals surface area contributed by atoms with Crippen LogP contribution in [0.4, 0.5) is 0 Å². The average molecular weight is 257 g/mol. The van der Waals surface area contributed by atoms with Gasteiger partial charge in [0.25, 0.3) is 0 Å². The highest BCUT2D eigenvalue weighted by Gasteiger charge is 2.11. The molecule has 0 radical (unpaired) electrons. The summed E-state index contributed by atoms with van der Waals surface area (Å²) in [5.74, 6) is 0. The SMILES string of the molecule is OCCCC(OCc1cccnc1)c1ccccc1. The molecule has 0 saturated heterocycles. The van der Waals surface area contributed by atoms with Gasteiger partial charge in [-0.3, -0.25) is 4.98 Å². The first-order valence-electron chi connectivity index (χ1n) is 6.56. The highest BCUT2D eigenvalue weighted by atomic mass is 16.5. The molecule has 2 aromatic rings. The summed E-state index contributed by atoms with van der Waals surface area (Å²) in [6, 6.07) is 14.0. The van der Waals surface area contributed by atoms with Gasteiger partial charge in [-0.05, 0) is 30.0 Å². The van der Waals surface area contributed by atoms with Crippen LogP contribution in [0, 0.1) is 0 Å². The zero-order chi connectivity index (χ0) is 13.3. The summed E-state index contributed by atoms with van der Waals surface area (Å²) in [6.07, 6.45) is 5.15. The van der Waals surface area contributed by atoms with E-state index in [1.165, 1.54) is 0 Å². The number of pyridine rings is 1. The molecule has 0 aliphatic heterocycles. The Bertz CT molecular complexity index is 459. The van der Waals surface area contributed by atoms with Crippen LogP contribution < -0.4 is 0 Å². The quantitative estimate of drug-likeness (QED) is 0.828. The topological polar surface area (TPSA) is 42.4 Å². The van der Waals surface area contributed by atoms with Crippen molar-refractivity contribution in [1.82, 2.24) is 4.98 Å². The van der Waals surface area contributed by atoms with Crippen molar-refractivity contribution in [3.05, 3.63) is 66.0 Å². The summed E-state index contributed by atoms with van der Waals surface area (Å²) in [5.41, 5.74) is 2.22. The van der Waals surface area contributed by atoms with Crippen molar-refractivity contribution in [3.63, 3.8) is 0 Å². The largest absolute Gasteiger partial charge is 0.396 e. The second-order valence-electron chi connectivity index (χ2n) is 4.44. The van der Waals surface area contributed by atoms with Crippen LogP contribution in [0.15, 0.2) is 54.9 Å². The summed E-state index contributed by atoms with van der Waals surface area (Å²) in [7, 11) is 0. The molecule has 0 saturated carbocycles. The van der Waals surface area contributed by atoms with Crippen molar-refractivity contribution in [2.45, 2.75) is 25.6 Å². The van der Waals surface area contributed by atoms with Gasteiger partial charge in [-0.15, -0.1) is 0 Å². The molecule has 1 unspecified atom stereocenters. The highest BCUT2D eigenvalue weighted by Crippen LogP contribution is 2.23. The maximum atomic E-state index is 8.98. The molecule has 1 aromatic carbocycles. The van der Waals surface area contributed by atoms with Gasteiger partial charge in [0.1, 0.15) is 0 Å². The fourth-order valence-corrected chi connectivity index (χ4v) is 1.97. The zero-order valence-electron chi connectivity index (χ0n) is 10.9. The minimum Gasteiger partial charge on any atom is -0.396 e. The molecule has 3 nitrogen and oxygen atoms in total. The number of hydrogen-bond donors (Lipinski definition) is 1. The normalized spacial score (nSPS) is 12.3. The van der Waals surface area contributed by atoms with Gasteiger partial charge in [0, 0.05) is 19.0 Å². The molecule has 1 N–H and O–H groups in total. The van der Waals surface area contributed by atoms with Crippen molar-refractivity contribution in [2.75, 3.05) is 6.61 Å². The molecule has 1 atom stereocenters. The van der Waals surface area contributed by atoms with Crippen LogP contribution in [-0.2, 0) is 11.3 Å². The van der Waals surface area contributed by atoms with E-state index < -0.39 is 0 Å². The predicted octanol–water partition coefficient (Wildman–Crippen LogP) is 3.11. The Labute approximate surface area is 113 Å². The second-order valence-corrected chi connectivity index (χ2v) is 4.44. The Morgan fingerprint density at radius 1 is 1.11 bits per heavy atom. The lowest BCUT2D eigenvalue weighted by Crippen LogP contribution is -2.06. The maximum Gasteiger partial charge on any atom is 0.0830 e. The lowest BCUT2D eigenvalue weighted by molar-refractivity contribution is 0.0294. The Kier molecular flexibility index (Phi) is 5.53. The summed E-state index contributed by atoms with van der Waals surface area (Å²) < 4.78 is 5.97. The third kappa shape index (κ3) is 4.47. The van der Waals surface area contributed by atoms with E-state index in [1.54, 1.807) is 6.20 Å². The number of rotatable bonds is 7. The molecule has 2 rings (SSSR count). The van der Waals surface area contributed by atoms with E-state index in [0.29, 0.717) is 6.61 Å². The number of aromatic nitrogens is 1. The number of benzene rings is 1. The maximum absolute atomic E-state index is 8.98. The lowest BCUT2D eigenvalue weighted by Gasteiger charge is -2.18. The molecular formula is C16H19NO2. The van der Waals surface area contributed by atoms with E-state index in [4.69, 9.17) is 9.84 Å². The van der Waals surface area contributed by atoms with E-state index in [2.05, 4.69) is 17.1 Å². The van der Waals surface area contributed by atoms with Crippen LogP contribution in [0.1, 0.15) is 30.1 Å². The first-order valence-corrected chi connectivity index (χ1v) is 6.56. The van der Waals surface area contributed by atoms with Crippen LogP contribution in [0.25, 0.3) is 0 Å². The predicted molar refractivity (Wildman–Crippen MR) is 74.5 cm³/mol. The van der Waals surface area contributed by atoms with Gasteiger partial charge in [-0.1, -0.05) is 36.4 Å². The Morgan fingerprint density at radius 3 is 2.63 bits per heavy atom. The molecule has 0 aliphatic rings. The van der Waals surface area contributed by atoms with Crippen molar-refractivity contribution < 1.29 is 9.84 Å². The summed E-state index contributed by atoms with van der Waals surface area (Å²) in [6.45, 7) is 0.735. The van der Waals surface area contributed by atoms with Crippen molar-refractivity contribution in [2.24, 2.45) is 0 Å². The molecule has 1 heterocycles.